The predicted molar refractivity (Wildman–Crippen MR) is 107 cm³/mol. The second kappa shape index (κ2) is 7.92. The van der Waals surface area contributed by atoms with Gasteiger partial charge in [-0.3, -0.25) is 14.2 Å². The number of methoxy groups -OCH3 is 1. The Kier molecular flexibility index (Phi) is 5.60. The van der Waals surface area contributed by atoms with E-state index in [4.69, 9.17) is 14.8 Å². The molecule has 1 N–H and O–H groups in total. The fourth-order valence-electron chi connectivity index (χ4n) is 3.25. The van der Waals surface area contributed by atoms with Gasteiger partial charge in [0.2, 0.25) is 0 Å². The molecule has 27 heavy (non-hydrogen) atoms. The van der Waals surface area contributed by atoms with Crippen molar-refractivity contribution in [2.75, 3.05) is 7.11 Å². The van der Waals surface area contributed by atoms with Crippen molar-refractivity contribution in [1.82, 2.24) is 9.55 Å². The lowest BCUT2D eigenvalue weighted by atomic mass is 10.0. The largest absolute Gasteiger partial charge is 0.497 e. The van der Waals surface area contributed by atoms with Gasteiger partial charge in [-0.15, -0.1) is 11.3 Å². The van der Waals surface area contributed by atoms with Gasteiger partial charge in [-0.1, -0.05) is 19.1 Å². The molecular weight excluding hydrogens is 364 g/mol. The molecule has 0 saturated heterocycles. The van der Waals surface area contributed by atoms with E-state index in [1.807, 2.05) is 38.1 Å². The number of hydrogen-bond donors (Lipinski definition) is 1. The number of benzene rings is 1. The number of thiophene rings is 1. The molecule has 0 amide bonds. The Morgan fingerprint density at radius 1 is 1.37 bits per heavy atom. The number of carboxylic acids is 1. The minimum absolute atomic E-state index is 0.0268. The number of aromatic nitrogens is 2. The van der Waals surface area contributed by atoms with Crippen LogP contribution in [0.3, 0.4) is 0 Å². The van der Waals surface area contributed by atoms with Crippen LogP contribution in [0.5, 0.6) is 5.75 Å². The summed E-state index contributed by atoms with van der Waals surface area (Å²) in [5, 5.41) is 9.49. The molecule has 2 heterocycles. The monoisotopic (exact) mass is 386 g/mol. The van der Waals surface area contributed by atoms with Gasteiger partial charge in [-0.25, -0.2) is 4.98 Å². The maximum atomic E-state index is 13.3. The molecule has 3 rings (SSSR count). The van der Waals surface area contributed by atoms with Crippen LogP contribution in [0.1, 0.15) is 30.5 Å². The fraction of sp³-hybridized carbons (Fsp3) is 0.350. The number of nitrogens with zero attached hydrogens (tertiary/aromatic N) is 2. The van der Waals surface area contributed by atoms with Crippen molar-refractivity contribution >= 4 is 27.5 Å². The molecule has 0 fully saturated rings. The number of carbonyl (C=O) groups is 1. The number of hydrogen-bond acceptors (Lipinski definition) is 5. The van der Waals surface area contributed by atoms with Crippen molar-refractivity contribution in [2.45, 2.75) is 39.7 Å². The normalized spacial score (nSPS) is 11.1. The van der Waals surface area contributed by atoms with Gasteiger partial charge in [0.1, 0.15) is 16.4 Å². The molecule has 1 aromatic carbocycles. The predicted octanol–water partition coefficient (Wildman–Crippen LogP) is 3.87. The molecule has 0 radical (unpaired) electrons. The summed E-state index contributed by atoms with van der Waals surface area (Å²) in [4.78, 5) is 30.6. The Balaban J connectivity index is 2.19. The number of aryl methyl sites for hydroxylation is 2. The molecule has 7 heteroatoms. The van der Waals surface area contributed by atoms with E-state index >= 15 is 0 Å². The molecule has 0 aliphatic heterocycles. The van der Waals surface area contributed by atoms with E-state index in [2.05, 4.69) is 0 Å². The summed E-state index contributed by atoms with van der Waals surface area (Å²) < 4.78 is 6.95. The van der Waals surface area contributed by atoms with Gasteiger partial charge in [-0.2, -0.15) is 0 Å². The van der Waals surface area contributed by atoms with Crippen molar-refractivity contribution in [3.63, 3.8) is 0 Å². The Morgan fingerprint density at radius 2 is 2.15 bits per heavy atom. The first-order chi connectivity index (χ1) is 13.0. The van der Waals surface area contributed by atoms with Crippen LogP contribution in [0.2, 0.25) is 0 Å². The summed E-state index contributed by atoms with van der Waals surface area (Å²) in [7, 11) is 1.61. The molecule has 0 atom stereocenters. The van der Waals surface area contributed by atoms with E-state index in [1.165, 1.54) is 11.3 Å². The second-order valence-corrected chi connectivity index (χ2v) is 7.48. The maximum absolute atomic E-state index is 13.3. The fourth-order valence-corrected chi connectivity index (χ4v) is 4.31. The van der Waals surface area contributed by atoms with Crippen LogP contribution in [0.25, 0.3) is 21.3 Å². The molecule has 0 aliphatic carbocycles. The molecule has 2 aromatic heterocycles. The molecule has 0 spiro atoms. The van der Waals surface area contributed by atoms with Crippen molar-refractivity contribution in [3.05, 3.63) is 45.3 Å². The average molecular weight is 386 g/mol. The summed E-state index contributed by atoms with van der Waals surface area (Å²) in [5.74, 6) is 0.557. The first-order valence-electron chi connectivity index (χ1n) is 8.85. The van der Waals surface area contributed by atoms with Crippen LogP contribution in [0, 0.1) is 6.92 Å². The lowest BCUT2D eigenvalue weighted by Gasteiger charge is -2.11. The van der Waals surface area contributed by atoms with E-state index in [0.717, 1.165) is 26.6 Å². The number of aliphatic carboxylic acids is 1. The lowest BCUT2D eigenvalue weighted by molar-refractivity contribution is -0.137. The zero-order chi connectivity index (χ0) is 19.6. The quantitative estimate of drug-likeness (QED) is 0.667. The van der Waals surface area contributed by atoms with E-state index < -0.39 is 5.97 Å². The number of carboxylic acid groups (broad SMARTS) is 1. The summed E-state index contributed by atoms with van der Waals surface area (Å²) >= 11 is 1.51. The minimum Gasteiger partial charge on any atom is -0.497 e. The summed E-state index contributed by atoms with van der Waals surface area (Å²) in [6.07, 6.45) is 1.04. The third-order valence-electron chi connectivity index (χ3n) is 4.51. The van der Waals surface area contributed by atoms with Crippen LogP contribution in [-0.2, 0) is 17.8 Å². The number of ether oxygens (including phenoxy) is 1. The lowest BCUT2D eigenvalue weighted by Crippen LogP contribution is -2.25. The van der Waals surface area contributed by atoms with E-state index in [9.17, 15) is 9.59 Å². The summed E-state index contributed by atoms with van der Waals surface area (Å²) in [6, 6.07) is 7.64. The molecule has 0 unspecified atom stereocenters. The molecule has 142 valence electrons. The molecule has 0 saturated carbocycles. The molecule has 3 aromatic rings. The first kappa shape index (κ1) is 19.1. The zero-order valence-electron chi connectivity index (χ0n) is 15.6. The SMILES string of the molecule is CCc1nc2sc(C)c(-c3cccc(OC)c3)c2c(=O)n1CCCC(=O)O. The van der Waals surface area contributed by atoms with Gasteiger partial charge in [0.05, 0.1) is 12.5 Å². The topological polar surface area (TPSA) is 81.4 Å². The molecule has 0 aliphatic rings. The highest BCUT2D eigenvalue weighted by molar-refractivity contribution is 7.19. The highest BCUT2D eigenvalue weighted by Gasteiger charge is 2.19. The minimum atomic E-state index is -0.862. The van der Waals surface area contributed by atoms with Crippen LogP contribution in [0.4, 0.5) is 0 Å². The third-order valence-corrected chi connectivity index (χ3v) is 5.51. The van der Waals surface area contributed by atoms with Crippen LogP contribution < -0.4 is 10.3 Å². The van der Waals surface area contributed by atoms with Crippen LogP contribution in [-0.4, -0.2) is 27.7 Å². The molecular formula is C20H22N2O4S. The average Bonchev–Trinajstić information content (AvgIpc) is 2.99. The van der Waals surface area contributed by atoms with Crippen LogP contribution in [0.15, 0.2) is 29.1 Å². The second-order valence-electron chi connectivity index (χ2n) is 6.28. The summed E-state index contributed by atoms with van der Waals surface area (Å²) in [6.45, 7) is 4.29. The smallest absolute Gasteiger partial charge is 0.303 e. The highest BCUT2D eigenvalue weighted by atomic mass is 32.1. The summed E-state index contributed by atoms with van der Waals surface area (Å²) in [5.41, 5.74) is 1.68. The standard InChI is InChI=1S/C20H22N2O4S/c1-4-15-21-19-18(20(25)22(15)10-6-9-16(23)24)17(12(2)27-19)13-7-5-8-14(11-13)26-3/h5,7-8,11H,4,6,9-10H2,1-3H3,(H,23,24). The highest BCUT2D eigenvalue weighted by Crippen LogP contribution is 2.37. The Morgan fingerprint density at radius 3 is 2.81 bits per heavy atom. The van der Waals surface area contributed by atoms with Gasteiger partial charge in [-0.05, 0) is 31.0 Å². The van der Waals surface area contributed by atoms with Gasteiger partial charge in [0.25, 0.3) is 5.56 Å². The third kappa shape index (κ3) is 3.73. The Bertz CT molecular complexity index is 1050. The van der Waals surface area contributed by atoms with Crippen molar-refractivity contribution in [1.29, 1.82) is 0 Å². The van der Waals surface area contributed by atoms with E-state index in [-0.39, 0.29) is 12.0 Å². The molecule has 0 bridgehead atoms. The van der Waals surface area contributed by atoms with Crippen molar-refractivity contribution in [2.24, 2.45) is 0 Å². The zero-order valence-corrected chi connectivity index (χ0v) is 16.4. The van der Waals surface area contributed by atoms with Gasteiger partial charge in [0, 0.05) is 29.8 Å². The van der Waals surface area contributed by atoms with Gasteiger partial charge >= 0.3 is 5.97 Å². The van der Waals surface area contributed by atoms with Crippen LogP contribution >= 0.6 is 11.3 Å². The van der Waals surface area contributed by atoms with E-state index in [1.54, 1.807) is 11.7 Å². The van der Waals surface area contributed by atoms with E-state index in [0.29, 0.717) is 30.6 Å². The molecule has 6 nitrogen and oxygen atoms in total. The first-order valence-corrected chi connectivity index (χ1v) is 9.67. The Hall–Kier alpha value is -2.67. The Labute approximate surface area is 161 Å². The van der Waals surface area contributed by atoms with Crippen molar-refractivity contribution < 1.29 is 14.6 Å². The van der Waals surface area contributed by atoms with Crippen molar-refractivity contribution in [3.8, 4) is 16.9 Å². The number of fused-ring (bicyclic) bond motifs is 1. The van der Waals surface area contributed by atoms with Gasteiger partial charge < -0.3 is 9.84 Å². The van der Waals surface area contributed by atoms with Gasteiger partial charge in [0.15, 0.2) is 0 Å². The maximum Gasteiger partial charge on any atom is 0.303 e. The number of rotatable bonds is 7.